The van der Waals surface area contributed by atoms with Crippen molar-refractivity contribution in [3.05, 3.63) is 76.2 Å². The predicted molar refractivity (Wildman–Crippen MR) is 213 cm³/mol. The van der Waals surface area contributed by atoms with Crippen molar-refractivity contribution in [2.75, 3.05) is 0 Å². The number of benzene rings is 1. The molecule has 5 heteroatoms. The Morgan fingerprint density at radius 2 is 1.79 bits per heavy atom. The molecule has 2 unspecified atom stereocenters. The summed E-state index contributed by atoms with van der Waals surface area (Å²) in [7, 11) is 0. The number of rotatable bonds is 4. The number of aromatic nitrogens is 1. The molecule has 0 N–H and O–H groups in total. The first-order chi connectivity index (χ1) is 24.2. The normalized spacial score (nSPS) is 37.9. The summed E-state index contributed by atoms with van der Waals surface area (Å²) in [4.78, 5) is 19.5. The highest BCUT2D eigenvalue weighted by Crippen LogP contribution is 2.72. The summed E-state index contributed by atoms with van der Waals surface area (Å²) in [5.74, 6) is 2.09. The molecule has 5 nitrogen and oxygen atoms in total. The van der Waals surface area contributed by atoms with Crippen LogP contribution in [0.15, 0.2) is 53.2 Å². The summed E-state index contributed by atoms with van der Waals surface area (Å²) in [6.07, 6.45) is 14.5. The molecule has 2 aliphatic heterocycles. The molecule has 0 bridgehead atoms. The predicted octanol–water partition coefficient (Wildman–Crippen LogP) is 11.4. The molecule has 2 fully saturated rings. The van der Waals surface area contributed by atoms with Gasteiger partial charge < -0.3 is 9.30 Å². The number of carbonyl (C=O) groups is 1. The van der Waals surface area contributed by atoms with Gasteiger partial charge in [-0.05, 0) is 156 Å². The Balaban J connectivity index is 1.34. The number of nitriles is 1. The lowest BCUT2D eigenvalue weighted by atomic mass is 9.39. The molecule has 2 aromatic rings. The minimum absolute atomic E-state index is 0.0183. The van der Waals surface area contributed by atoms with Gasteiger partial charge in [-0.2, -0.15) is 5.26 Å². The van der Waals surface area contributed by atoms with E-state index in [4.69, 9.17) is 4.74 Å². The van der Waals surface area contributed by atoms with Crippen LogP contribution in [0.2, 0.25) is 0 Å². The van der Waals surface area contributed by atoms with E-state index in [1.165, 1.54) is 58.1 Å². The van der Waals surface area contributed by atoms with E-state index in [-0.39, 0.29) is 51.1 Å². The molecule has 0 saturated heterocycles. The molecule has 8 rings (SSSR count). The van der Waals surface area contributed by atoms with Crippen molar-refractivity contribution in [2.45, 2.75) is 144 Å². The van der Waals surface area contributed by atoms with Crippen molar-refractivity contribution >= 4 is 28.0 Å². The van der Waals surface area contributed by atoms with Crippen molar-refractivity contribution in [1.29, 1.82) is 5.26 Å². The molecule has 3 heterocycles. The summed E-state index contributed by atoms with van der Waals surface area (Å²) < 4.78 is 9.25. The second-order valence-electron chi connectivity index (χ2n) is 19.6. The molecule has 0 radical (unpaired) electrons. The highest BCUT2D eigenvalue weighted by molar-refractivity contribution is 6.18. The molecule has 4 aliphatic carbocycles. The van der Waals surface area contributed by atoms with E-state index < -0.39 is 0 Å². The standard InChI is InChI=1S/C47H59N3O2/c1-25(2)39-41(51)37-36-28(6)38-34(23-43(7,8)52-44(38,9)10)31(36)22-32-33-21-29-16-17-35-45(11,19-14-15-30(24-48)49-26(3)4)27(5)18-20-46(35,12)47(29,13)42(33)50(39)40(32)37/h14-15,19,22-23,27-29,35,38-39H,1,16-18,20-21H2,2-13H3/b19-14+,30-15+/t27-,28+,29?,35-,38?,39-,45+,46-,47+/m0/s1. The van der Waals surface area contributed by atoms with Gasteiger partial charge in [0, 0.05) is 33.7 Å². The van der Waals surface area contributed by atoms with Crippen LogP contribution in [0.4, 0.5) is 0 Å². The molecule has 0 amide bonds. The second kappa shape index (κ2) is 11.0. The van der Waals surface area contributed by atoms with Crippen LogP contribution in [-0.4, -0.2) is 27.3 Å². The maximum atomic E-state index is 15.0. The molecule has 9 atom stereocenters. The van der Waals surface area contributed by atoms with Crippen LogP contribution in [0.5, 0.6) is 0 Å². The lowest BCUT2D eigenvalue weighted by molar-refractivity contribution is -0.127. The highest BCUT2D eigenvalue weighted by atomic mass is 16.5. The van der Waals surface area contributed by atoms with Crippen LogP contribution in [0.1, 0.15) is 153 Å². The zero-order chi connectivity index (χ0) is 37.7. The molecular weight excluding hydrogens is 639 g/mol. The van der Waals surface area contributed by atoms with Gasteiger partial charge in [-0.1, -0.05) is 58.9 Å². The Bertz CT molecular complexity index is 2140. The van der Waals surface area contributed by atoms with E-state index in [1.807, 2.05) is 19.9 Å². The summed E-state index contributed by atoms with van der Waals surface area (Å²) in [6, 6.07) is 4.41. The second-order valence-corrected chi connectivity index (χ2v) is 19.6. The van der Waals surface area contributed by atoms with Crippen molar-refractivity contribution in [3.63, 3.8) is 0 Å². The van der Waals surface area contributed by atoms with Crippen LogP contribution >= 0.6 is 0 Å². The molecule has 2 saturated carbocycles. The fourth-order valence-corrected chi connectivity index (χ4v) is 13.5. The topological polar surface area (TPSA) is 67.4 Å². The Labute approximate surface area is 312 Å². The first-order valence-corrected chi connectivity index (χ1v) is 19.9. The van der Waals surface area contributed by atoms with Crippen LogP contribution in [0, 0.1) is 45.8 Å². The number of allylic oxidation sites excluding steroid dienone is 5. The SMILES string of the molecule is C=C(C)[C@H]1C(=O)c2c3c(cc4c5c(n1c24)[C@@]1(C)C(CC[C@H]2[C@](C)(/C=C/C=C(\C#N)N=C(C)C)[C@@H](C)CC[C@@]21C)C5)C1=CC(C)(C)OC(C)(C)C1[C@@H]3C. The first kappa shape index (κ1) is 35.5. The number of hydrogen-bond donors (Lipinski definition) is 0. The number of fused-ring (bicyclic) bond motifs is 11. The third kappa shape index (κ3) is 4.37. The van der Waals surface area contributed by atoms with Gasteiger partial charge in [-0.25, -0.2) is 4.99 Å². The van der Waals surface area contributed by atoms with Gasteiger partial charge in [-0.15, -0.1) is 0 Å². The number of hydrogen-bond acceptors (Lipinski definition) is 4. The lowest BCUT2D eigenvalue weighted by Crippen LogP contribution is -2.60. The Morgan fingerprint density at radius 3 is 2.44 bits per heavy atom. The highest BCUT2D eigenvalue weighted by Gasteiger charge is 2.67. The fraction of sp³-hybridized carbons (Fsp3) is 0.596. The van der Waals surface area contributed by atoms with Crippen molar-refractivity contribution in [1.82, 2.24) is 4.57 Å². The average Bonchev–Trinajstić information content (AvgIpc) is 3.71. The Hall–Kier alpha value is -3.49. The van der Waals surface area contributed by atoms with Gasteiger partial charge in [0.05, 0.1) is 16.7 Å². The maximum absolute atomic E-state index is 15.0. The maximum Gasteiger partial charge on any atom is 0.192 e. The fourth-order valence-electron chi connectivity index (χ4n) is 13.5. The van der Waals surface area contributed by atoms with E-state index in [2.05, 4.69) is 116 Å². The van der Waals surface area contributed by atoms with Crippen molar-refractivity contribution in [3.8, 4) is 6.07 Å². The zero-order valence-electron chi connectivity index (χ0n) is 33.8. The molecule has 1 aromatic heterocycles. The third-order valence-electron chi connectivity index (χ3n) is 15.6. The van der Waals surface area contributed by atoms with Crippen molar-refractivity contribution < 1.29 is 9.53 Å². The monoisotopic (exact) mass is 697 g/mol. The van der Waals surface area contributed by atoms with Crippen LogP contribution < -0.4 is 0 Å². The molecule has 274 valence electrons. The zero-order valence-corrected chi connectivity index (χ0v) is 33.8. The first-order valence-electron chi connectivity index (χ1n) is 19.9. The number of aliphatic imine (C=N–C) groups is 1. The van der Waals surface area contributed by atoms with Crippen LogP contribution in [0.3, 0.4) is 0 Å². The smallest absolute Gasteiger partial charge is 0.192 e. The van der Waals surface area contributed by atoms with E-state index in [0.717, 1.165) is 29.7 Å². The summed E-state index contributed by atoms with van der Waals surface area (Å²) in [5, 5.41) is 11.1. The van der Waals surface area contributed by atoms with Crippen LogP contribution in [0.25, 0.3) is 16.5 Å². The summed E-state index contributed by atoms with van der Waals surface area (Å²) in [6.45, 7) is 31.6. The number of ether oxygens (including phenoxy) is 1. The van der Waals surface area contributed by atoms with E-state index >= 15 is 4.79 Å². The summed E-state index contributed by atoms with van der Waals surface area (Å²) >= 11 is 0. The van der Waals surface area contributed by atoms with Gasteiger partial charge in [-0.3, -0.25) is 4.79 Å². The molecular formula is C47H59N3O2. The molecule has 0 spiro atoms. The number of Topliss-reactive ketones (excluding diaryl/α,β-unsaturated/α-hetero) is 1. The Kier molecular flexibility index (Phi) is 7.54. The lowest BCUT2D eigenvalue weighted by Gasteiger charge is -2.65. The quantitative estimate of drug-likeness (QED) is 0.138. The van der Waals surface area contributed by atoms with E-state index in [1.54, 1.807) is 0 Å². The molecule has 6 aliphatic rings. The Morgan fingerprint density at radius 1 is 1.08 bits per heavy atom. The van der Waals surface area contributed by atoms with E-state index in [0.29, 0.717) is 23.5 Å². The number of nitrogens with zero attached hydrogens (tertiary/aromatic N) is 3. The number of ketones is 1. The van der Waals surface area contributed by atoms with Gasteiger partial charge >= 0.3 is 0 Å². The number of carbonyl (C=O) groups excluding carboxylic acids is 1. The van der Waals surface area contributed by atoms with Crippen molar-refractivity contribution in [2.24, 2.45) is 39.5 Å². The minimum atomic E-state index is -0.385. The largest absolute Gasteiger partial charge is 0.365 e. The minimum Gasteiger partial charge on any atom is -0.365 e. The van der Waals surface area contributed by atoms with Gasteiger partial charge in [0.1, 0.15) is 17.8 Å². The van der Waals surface area contributed by atoms with Gasteiger partial charge in [0.25, 0.3) is 0 Å². The average molecular weight is 698 g/mol. The van der Waals surface area contributed by atoms with E-state index in [9.17, 15) is 5.26 Å². The molecule has 1 aromatic carbocycles. The third-order valence-corrected chi connectivity index (χ3v) is 15.6. The van der Waals surface area contributed by atoms with Crippen LogP contribution in [-0.2, 0) is 16.6 Å². The summed E-state index contributed by atoms with van der Waals surface area (Å²) in [5.41, 5.74) is 10.3. The van der Waals surface area contributed by atoms with Gasteiger partial charge in [0.15, 0.2) is 5.78 Å². The molecule has 52 heavy (non-hydrogen) atoms. The van der Waals surface area contributed by atoms with Gasteiger partial charge in [0.2, 0.25) is 0 Å².